The van der Waals surface area contributed by atoms with Gasteiger partial charge in [-0.25, -0.2) is 9.78 Å². The van der Waals surface area contributed by atoms with Gasteiger partial charge in [0.2, 0.25) is 0 Å². The molecule has 0 radical (unpaired) electrons. The Morgan fingerprint density at radius 3 is 2.85 bits per heavy atom. The molecule has 0 bridgehead atoms. The molecular formula is C13H13N5O2. The van der Waals surface area contributed by atoms with Crippen molar-refractivity contribution in [3.05, 3.63) is 41.7 Å². The number of carboxylic acid groups (broad SMARTS) is 1. The maximum atomic E-state index is 11.2. The first-order chi connectivity index (χ1) is 9.58. The Morgan fingerprint density at radius 1 is 1.40 bits per heavy atom. The van der Waals surface area contributed by atoms with Gasteiger partial charge in [-0.2, -0.15) is 0 Å². The predicted molar refractivity (Wildman–Crippen MR) is 71.5 cm³/mol. The van der Waals surface area contributed by atoms with Crippen LogP contribution in [0.4, 0.5) is 0 Å². The van der Waals surface area contributed by atoms with E-state index in [9.17, 15) is 9.90 Å². The molecule has 1 aromatic carbocycles. The summed E-state index contributed by atoms with van der Waals surface area (Å²) >= 11 is 0. The summed E-state index contributed by atoms with van der Waals surface area (Å²) < 4.78 is 3.76. The normalized spacial score (nSPS) is 11.1. The zero-order valence-electron chi connectivity index (χ0n) is 11.1. The molecule has 0 saturated heterocycles. The van der Waals surface area contributed by atoms with Crippen molar-refractivity contribution >= 4 is 17.0 Å². The number of fused-ring (bicyclic) bond motifs is 1. The van der Waals surface area contributed by atoms with Crippen LogP contribution in [0.5, 0.6) is 0 Å². The van der Waals surface area contributed by atoms with Crippen molar-refractivity contribution in [2.45, 2.75) is 13.5 Å². The van der Waals surface area contributed by atoms with Crippen LogP contribution in [0, 0.1) is 6.92 Å². The van der Waals surface area contributed by atoms with E-state index in [0.717, 1.165) is 17.2 Å². The van der Waals surface area contributed by atoms with E-state index in [1.807, 2.05) is 29.2 Å². The smallest absolute Gasteiger partial charge is 0.337 e. The highest BCUT2D eigenvalue weighted by atomic mass is 16.4. The molecule has 0 fully saturated rings. The summed E-state index contributed by atoms with van der Waals surface area (Å²) in [6.45, 7) is 2.35. The number of hydrogen-bond donors (Lipinski definition) is 1. The number of carbonyl (C=O) groups is 1. The molecule has 7 nitrogen and oxygen atoms in total. The van der Waals surface area contributed by atoms with Gasteiger partial charge in [-0.3, -0.25) is 0 Å². The van der Waals surface area contributed by atoms with Crippen molar-refractivity contribution in [1.82, 2.24) is 24.3 Å². The quantitative estimate of drug-likeness (QED) is 0.774. The number of benzene rings is 1. The third kappa shape index (κ3) is 1.83. The number of aromatic carboxylic acids is 1. The first-order valence-corrected chi connectivity index (χ1v) is 6.10. The zero-order valence-corrected chi connectivity index (χ0v) is 11.1. The highest BCUT2D eigenvalue weighted by Gasteiger charge is 2.16. The fraction of sp³-hybridized carbons (Fsp3) is 0.231. The van der Waals surface area contributed by atoms with Crippen molar-refractivity contribution in [1.29, 1.82) is 0 Å². The number of carboxylic acids is 1. The van der Waals surface area contributed by atoms with Gasteiger partial charge in [-0.1, -0.05) is 6.07 Å². The van der Waals surface area contributed by atoms with Gasteiger partial charge in [0.1, 0.15) is 17.7 Å². The lowest BCUT2D eigenvalue weighted by molar-refractivity contribution is 0.0699. The van der Waals surface area contributed by atoms with Crippen molar-refractivity contribution in [3.8, 4) is 0 Å². The summed E-state index contributed by atoms with van der Waals surface area (Å²) in [5.41, 5.74) is 1.49. The van der Waals surface area contributed by atoms with E-state index < -0.39 is 5.97 Å². The fourth-order valence-electron chi connectivity index (χ4n) is 2.23. The summed E-state index contributed by atoms with van der Waals surface area (Å²) in [4.78, 5) is 15.6. The van der Waals surface area contributed by atoms with Crippen LogP contribution in [-0.2, 0) is 13.6 Å². The fourth-order valence-corrected chi connectivity index (χ4v) is 2.23. The molecule has 2 aromatic heterocycles. The first kappa shape index (κ1) is 12.3. The second-order valence-electron chi connectivity index (χ2n) is 4.58. The van der Waals surface area contributed by atoms with Crippen LogP contribution in [0.3, 0.4) is 0 Å². The number of rotatable bonds is 3. The van der Waals surface area contributed by atoms with Gasteiger partial charge in [-0.15, -0.1) is 10.2 Å². The van der Waals surface area contributed by atoms with E-state index in [-0.39, 0.29) is 5.56 Å². The van der Waals surface area contributed by atoms with E-state index in [4.69, 9.17) is 0 Å². The molecule has 0 aliphatic carbocycles. The van der Waals surface area contributed by atoms with Crippen molar-refractivity contribution in [2.24, 2.45) is 7.05 Å². The second-order valence-corrected chi connectivity index (χ2v) is 4.58. The average molecular weight is 271 g/mol. The number of nitrogens with zero attached hydrogens (tertiary/aromatic N) is 5. The number of imidazole rings is 1. The molecule has 3 rings (SSSR count). The Bertz CT molecular complexity index is 802. The molecule has 102 valence electrons. The average Bonchev–Trinajstić information content (AvgIpc) is 2.94. The Hall–Kier alpha value is -2.70. The van der Waals surface area contributed by atoms with Crippen LogP contribution in [0.15, 0.2) is 24.5 Å². The third-order valence-electron chi connectivity index (χ3n) is 3.30. The maximum absolute atomic E-state index is 11.2. The summed E-state index contributed by atoms with van der Waals surface area (Å²) in [5.74, 6) is 0.559. The molecule has 0 aliphatic rings. The summed E-state index contributed by atoms with van der Waals surface area (Å²) in [7, 11) is 1.87. The van der Waals surface area contributed by atoms with Gasteiger partial charge in [0.05, 0.1) is 17.6 Å². The van der Waals surface area contributed by atoms with Gasteiger partial charge in [0.15, 0.2) is 5.82 Å². The molecule has 0 spiro atoms. The van der Waals surface area contributed by atoms with E-state index in [0.29, 0.717) is 12.1 Å². The topological polar surface area (TPSA) is 85.8 Å². The zero-order chi connectivity index (χ0) is 14.3. The van der Waals surface area contributed by atoms with E-state index in [1.165, 1.54) is 0 Å². The number of aryl methyl sites for hydroxylation is 2. The van der Waals surface area contributed by atoms with E-state index in [1.54, 1.807) is 18.5 Å². The second kappa shape index (κ2) is 4.44. The molecular weight excluding hydrogens is 258 g/mol. The van der Waals surface area contributed by atoms with Crippen LogP contribution in [0.2, 0.25) is 0 Å². The largest absolute Gasteiger partial charge is 0.478 e. The number of para-hydroxylation sites is 1. The molecule has 0 amide bonds. The van der Waals surface area contributed by atoms with Crippen LogP contribution >= 0.6 is 0 Å². The lowest BCUT2D eigenvalue weighted by atomic mass is 10.2. The van der Waals surface area contributed by atoms with Crippen LogP contribution < -0.4 is 0 Å². The SMILES string of the molecule is Cc1nc2c(C(=O)O)cccc2n1Cc1nncn1C. The Balaban J connectivity index is 2.17. The summed E-state index contributed by atoms with van der Waals surface area (Å²) in [5, 5.41) is 17.1. The van der Waals surface area contributed by atoms with E-state index >= 15 is 0 Å². The minimum Gasteiger partial charge on any atom is -0.478 e. The van der Waals surface area contributed by atoms with Crippen molar-refractivity contribution < 1.29 is 9.90 Å². The predicted octanol–water partition coefficient (Wildman–Crippen LogP) is 1.22. The molecule has 3 aromatic rings. The monoisotopic (exact) mass is 271 g/mol. The minimum absolute atomic E-state index is 0.210. The van der Waals surface area contributed by atoms with E-state index in [2.05, 4.69) is 15.2 Å². The lowest BCUT2D eigenvalue weighted by Gasteiger charge is -2.06. The minimum atomic E-state index is -0.973. The van der Waals surface area contributed by atoms with Gasteiger partial charge in [0, 0.05) is 7.05 Å². The van der Waals surface area contributed by atoms with Crippen molar-refractivity contribution in [3.63, 3.8) is 0 Å². The van der Waals surface area contributed by atoms with Crippen LogP contribution in [-0.4, -0.2) is 35.4 Å². The molecule has 0 unspecified atom stereocenters. The molecule has 0 atom stereocenters. The molecule has 7 heteroatoms. The Morgan fingerprint density at radius 2 is 2.20 bits per heavy atom. The van der Waals surface area contributed by atoms with Gasteiger partial charge in [0.25, 0.3) is 0 Å². The number of aromatic nitrogens is 5. The highest BCUT2D eigenvalue weighted by molar-refractivity contribution is 6.01. The third-order valence-corrected chi connectivity index (χ3v) is 3.30. The van der Waals surface area contributed by atoms with Gasteiger partial charge in [-0.05, 0) is 19.1 Å². The molecule has 0 aliphatic heterocycles. The lowest BCUT2D eigenvalue weighted by Crippen LogP contribution is -2.07. The Labute approximate surface area is 114 Å². The highest BCUT2D eigenvalue weighted by Crippen LogP contribution is 2.20. The molecule has 2 heterocycles. The molecule has 20 heavy (non-hydrogen) atoms. The summed E-state index contributed by atoms with van der Waals surface area (Å²) in [6.07, 6.45) is 1.63. The maximum Gasteiger partial charge on any atom is 0.337 e. The molecule has 1 N–H and O–H groups in total. The Kier molecular flexibility index (Phi) is 2.74. The first-order valence-electron chi connectivity index (χ1n) is 6.10. The molecule has 0 saturated carbocycles. The standard InChI is InChI=1S/C13H13N5O2/c1-8-15-12-9(13(19)20)4-3-5-10(12)18(8)6-11-16-14-7-17(11)2/h3-5,7H,6H2,1-2H3,(H,19,20). The van der Waals surface area contributed by atoms with Gasteiger partial charge >= 0.3 is 5.97 Å². The van der Waals surface area contributed by atoms with Crippen LogP contribution in [0.1, 0.15) is 22.0 Å². The van der Waals surface area contributed by atoms with Crippen LogP contribution in [0.25, 0.3) is 11.0 Å². The van der Waals surface area contributed by atoms with Crippen molar-refractivity contribution in [2.75, 3.05) is 0 Å². The van der Waals surface area contributed by atoms with Gasteiger partial charge < -0.3 is 14.2 Å². The number of hydrogen-bond acceptors (Lipinski definition) is 4. The summed E-state index contributed by atoms with van der Waals surface area (Å²) in [6, 6.07) is 5.14.